The van der Waals surface area contributed by atoms with Crippen LogP contribution in [0.2, 0.25) is 0 Å². The van der Waals surface area contributed by atoms with Crippen molar-refractivity contribution in [2.45, 2.75) is 20.4 Å². The number of carbonyl (C=O) groups is 1. The van der Waals surface area contributed by atoms with Crippen molar-refractivity contribution in [2.24, 2.45) is 5.92 Å². The van der Waals surface area contributed by atoms with Crippen molar-refractivity contribution in [3.05, 3.63) is 42.5 Å². The first-order valence-electron chi connectivity index (χ1n) is 9.40. The van der Waals surface area contributed by atoms with Gasteiger partial charge in [-0.15, -0.1) is 0 Å². The maximum absolute atomic E-state index is 12.6. The third-order valence-corrected chi connectivity index (χ3v) is 4.50. The van der Waals surface area contributed by atoms with Crippen molar-refractivity contribution >= 4 is 22.8 Å². The van der Waals surface area contributed by atoms with E-state index >= 15 is 0 Å². The zero-order valence-electron chi connectivity index (χ0n) is 16.0. The Kier molecular flexibility index (Phi) is 5.10. The Labute approximate surface area is 163 Å². The van der Waals surface area contributed by atoms with Crippen LogP contribution in [-0.4, -0.2) is 52.0 Å². The zero-order chi connectivity index (χ0) is 19.5. The van der Waals surface area contributed by atoms with Crippen molar-refractivity contribution in [3.63, 3.8) is 0 Å². The molecule has 28 heavy (non-hydrogen) atoms. The second kappa shape index (κ2) is 7.84. The van der Waals surface area contributed by atoms with Gasteiger partial charge in [-0.2, -0.15) is 0 Å². The number of carbonyl (C=O) groups excluding carboxylic acids is 1. The zero-order valence-corrected chi connectivity index (χ0v) is 16.0. The van der Waals surface area contributed by atoms with Gasteiger partial charge in [0.1, 0.15) is 17.7 Å². The monoisotopic (exact) mass is 381 g/mol. The number of rotatable bonds is 6. The summed E-state index contributed by atoms with van der Waals surface area (Å²) in [6.45, 7) is 6.62. The van der Waals surface area contributed by atoms with Gasteiger partial charge in [0, 0.05) is 19.2 Å². The van der Waals surface area contributed by atoms with Crippen LogP contribution in [0.1, 0.15) is 19.7 Å². The Morgan fingerprint density at radius 3 is 2.86 bits per heavy atom. The standard InChI is InChI=1S/C20H23N5O3/c1-14(2)12-27-18-9-17(21-13-22-18)24-7-8-25(20(26)11-24)10-19-23-15-5-3-4-6-16(15)28-19/h3-6,9,13-14H,7-8,10-12H2,1-2H3. The average molecular weight is 381 g/mol. The summed E-state index contributed by atoms with van der Waals surface area (Å²) in [6.07, 6.45) is 1.47. The molecular formula is C20H23N5O3. The third-order valence-electron chi connectivity index (χ3n) is 4.50. The van der Waals surface area contributed by atoms with E-state index in [0.29, 0.717) is 49.7 Å². The highest BCUT2D eigenvalue weighted by Crippen LogP contribution is 2.20. The summed E-state index contributed by atoms with van der Waals surface area (Å²) in [5.74, 6) is 2.20. The number of amides is 1. The van der Waals surface area contributed by atoms with Crippen molar-refractivity contribution < 1.29 is 13.9 Å². The van der Waals surface area contributed by atoms with Crippen molar-refractivity contribution in [3.8, 4) is 5.88 Å². The summed E-state index contributed by atoms with van der Waals surface area (Å²) in [7, 11) is 0. The van der Waals surface area contributed by atoms with Gasteiger partial charge in [0.05, 0.1) is 19.7 Å². The van der Waals surface area contributed by atoms with Gasteiger partial charge in [-0.05, 0) is 18.1 Å². The number of para-hydroxylation sites is 2. The van der Waals surface area contributed by atoms with Crippen molar-refractivity contribution in [2.75, 3.05) is 31.1 Å². The second-order valence-corrected chi connectivity index (χ2v) is 7.23. The van der Waals surface area contributed by atoms with Gasteiger partial charge < -0.3 is 19.0 Å². The largest absolute Gasteiger partial charge is 0.477 e. The number of nitrogens with zero attached hydrogens (tertiary/aromatic N) is 5. The molecule has 0 spiro atoms. The molecule has 1 amide bonds. The first-order valence-corrected chi connectivity index (χ1v) is 9.40. The lowest BCUT2D eigenvalue weighted by Crippen LogP contribution is -2.50. The average Bonchev–Trinajstić information content (AvgIpc) is 3.10. The third kappa shape index (κ3) is 4.05. The quantitative estimate of drug-likeness (QED) is 0.648. The highest BCUT2D eigenvalue weighted by Gasteiger charge is 2.26. The summed E-state index contributed by atoms with van der Waals surface area (Å²) >= 11 is 0. The van der Waals surface area contributed by atoms with Crippen LogP contribution in [0.4, 0.5) is 5.82 Å². The van der Waals surface area contributed by atoms with E-state index in [1.807, 2.05) is 29.2 Å². The number of aromatic nitrogens is 3. The van der Waals surface area contributed by atoms with E-state index in [0.717, 1.165) is 11.1 Å². The van der Waals surface area contributed by atoms with Gasteiger partial charge in [-0.3, -0.25) is 4.79 Å². The molecule has 146 valence electrons. The molecule has 3 heterocycles. The molecule has 0 radical (unpaired) electrons. The van der Waals surface area contributed by atoms with Crippen molar-refractivity contribution in [1.29, 1.82) is 0 Å². The minimum atomic E-state index is 0.0109. The number of hydrogen-bond donors (Lipinski definition) is 0. The summed E-state index contributed by atoms with van der Waals surface area (Å²) < 4.78 is 11.4. The van der Waals surface area contributed by atoms with Gasteiger partial charge >= 0.3 is 0 Å². The van der Waals surface area contributed by atoms with Crippen LogP contribution in [-0.2, 0) is 11.3 Å². The van der Waals surface area contributed by atoms with Gasteiger partial charge in [0.25, 0.3) is 0 Å². The maximum atomic E-state index is 12.6. The first kappa shape index (κ1) is 18.2. The van der Waals surface area contributed by atoms with Crippen LogP contribution in [0.3, 0.4) is 0 Å². The van der Waals surface area contributed by atoms with Crippen LogP contribution in [0.25, 0.3) is 11.1 Å². The molecule has 0 atom stereocenters. The summed E-state index contributed by atoms with van der Waals surface area (Å²) in [4.78, 5) is 29.2. The van der Waals surface area contributed by atoms with Gasteiger partial charge in [0.15, 0.2) is 5.58 Å². The number of fused-ring (bicyclic) bond motifs is 1. The molecule has 1 aromatic carbocycles. The highest BCUT2D eigenvalue weighted by atomic mass is 16.5. The molecule has 0 N–H and O–H groups in total. The number of ether oxygens (including phenoxy) is 1. The molecular weight excluding hydrogens is 358 g/mol. The summed E-state index contributed by atoms with van der Waals surface area (Å²) in [5.41, 5.74) is 1.54. The molecule has 0 aliphatic carbocycles. The lowest BCUT2D eigenvalue weighted by Gasteiger charge is -2.34. The van der Waals surface area contributed by atoms with E-state index in [-0.39, 0.29) is 12.5 Å². The molecule has 1 saturated heterocycles. The number of benzene rings is 1. The normalized spacial score (nSPS) is 14.9. The highest BCUT2D eigenvalue weighted by molar-refractivity contribution is 5.82. The van der Waals surface area contributed by atoms with Gasteiger partial charge in [0.2, 0.25) is 17.7 Å². The molecule has 0 unspecified atom stereocenters. The summed E-state index contributed by atoms with van der Waals surface area (Å²) in [6, 6.07) is 9.38. The van der Waals surface area contributed by atoms with E-state index in [1.54, 1.807) is 11.0 Å². The molecule has 1 fully saturated rings. The molecule has 3 aromatic rings. The van der Waals surface area contributed by atoms with Crippen LogP contribution in [0, 0.1) is 5.92 Å². The fraction of sp³-hybridized carbons (Fsp3) is 0.400. The van der Waals surface area contributed by atoms with Crippen LogP contribution in [0.15, 0.2) is 41.1 Å². The predicted octanol–water partition coefficient (Wildman–Crippen LogP) is 2.50. The van der Waals surface area contributed by atoms with Crippen molar-refractivity contribution in [1.82, 2.24) is 19.9 Å². The van der Waals surface area contributed by atoms with E-state index in [4.69, 9.17) is 9.15 Å². The fourth-order valence-electron chi connectivity index (χ4n) is 3.06. The fourth-order valence-corrected chi connectivity index (χ4v) is 3.06. The van der Waals surface area contributed by atoms with E-state index in [1.165, 1.54) is 6.33 Å². The smallest absolute Gasteiger partial charge is 0.242 e. The predicted molar refractivity (Wildman–Crippen MR) is 104 cm³/mol. The molecule has 4 rings (SSSR count). The van der Waals surface area contributed by atoms with E-state index < -0.39 is 0 Å². The lowest BCUT2D eigenvalue weighted by atomic mass is 10.2. The minimum absolute atomic E-state index is 0.0109. The Bertz CT molecular complexity index is 938. The van der Waals surface area contributed by atoms with Gasteiger partial charge in [-0.25, -0.2) is 15.0 Å². The van der Waals surface area contributed by atoms with Crippen LogP contribution < -0.4 is 9.64 Å². The Hall–Kier alpha value is -3.16. The Balaban J connectivity index is 1.39. The molecule has 1 aliphatic rings. The Morgan fingerprint density at radius 1 is 1.21 bits per heavy atom. The SMILES string of the molecule is CC(C)COc1cc(N2CCN(Cc3nc4ccccc4o3)C(=O)C2)ncn1. The van der Waals surface area contributed by atoms with Gasteiger partial charge in [-0.1, -0.05) is 26.0 Å². The van der Waals surface area contributed by atoms with Crippen LogP contribution in [0.5, 0.6) is 5.88 Å². The molecule has 0 bridgehead atoms. The molecule has 8 heteroatoms. The van der Waals surface area contributed by atoms with E-state index in [9.17, 15) is 4.79 Å². The molecule has 1 aliphatic heterocycles. The summed E-state index contributed by atoms with van der Waals surface area (Å²) in [5, 5.41) is 0. The number of anilines is 1. The molecule has 2 aromatic heterocycles. The first-order chi connectivity index (χ1) is 13.6. The van der Waals surface area contributed by atoms with E-state index in [2.05, 4.69) is 28.8 Å². The maximum Gasteiger partial charge on any atom is 0.242 e. The molecule has 8 nitrogen and oxygen atoms in total. The number of hydrogen-bond acceptors (Lipinski definition) is 7. The number of oxazole rings is 1. The van der Waals surface area contributed by atoms with Crippen LogP contribution >= 0.6 is 0 Å². The topological polar surface area (TPSA) is 84.6 Å². The Morgan fingerprint density at radius 2 is 2.07 bits per heavy atom. The molecule has 0 saturated carbocycles. The second-order valence-electron chi connectivity index (χ2n) is 7.23. The minimum Gasteiger partial charge on any atom is -0.477 e. The number of piperazine rings is 1. The lowest BCUT2D eigenvalue weighted by molar-refractivity contribution is -0.131.